The summed E-state index contributed by atoms with van der Waals surface area (Å²) in [6.07, 6.45) is 0. The van der Waals surface area contributed by atoms with Gasteiger partial charge in [0.2, 0.25) is 0 Å². The molecule has 0 bridgehead atoms. The third-order valence-corrected chi connectivity index (χ3v) is 3.75. The van der Waals surface area contributed by atoms with Crippen LogP contribution in [0.4, 0.5) is 18.9 Å². The van der Waals surface area contributed by atoms with E-state index >= 15 is 0 Å². The molecule has 105 valence electrons. The minimum Gasteiger partial charge on any atom is -0.480 e. The van der Waals surface area contributed by atoms with Crippen molar-refractivity contribution in [3.63, 3.8) is 0 Å². The van der Waals surface area contributed by atoms with E-state index in [2.05, 4.69) is 15.9 Å². The predicted octanol–water partition coefficient (Wildman–Crippen LogP) is 2.35. The topological polar surface area (TPSA) is 74.7 Å². The summed E-state index contributed by atoms with van der Waals surface area (Å²) in [4.78, 5) is 10.5. The molecule has 0 amide bonds. The molecule has 10 heteroatoms. The summed E-state index contributed by atoms with van der Waals surface area (Å²) in [6, 6.07) is 4.80. The van der Waals surface area contributed by atoms with Crippen LogP contribution >= 0.6 is 15.9 Å². The van der Waals surface area contributed by atoms with Gasteiger partial charge in [0.25, 0.3) is 0 Å². The fraction of sp³-hybridized carbons (Fsp3) is 0.111. The van der Waals surface area contributed by atoms with Crippen molar-refractivity contribution in [1.82, 2.24) is 0 Å². The van der Waals surface area contributed by atoms with E-state index in [1.165, 1.54) is 12.1 Å². The van der Waals surface area contributed by atoms with Gasteiger partial charge in [-0.3, -0.25) is 0 Å². The lowest BCUT2D eigenvalue weighted by molar-refractivity contribution is -0.133. The molecule has 0 aromatic heterocycles. The first-order valence-corrected chi connectivity index (χ1v) is 6.73. The zero-order chi connectivity index (χ0) is 14.8. The Bertz CT molecular complexity index is 587. The van der Waals surface area contributed by atoms with Crippen LogP contribution in [-0.4, -0.2) is 25.0 Å². The molecule has 1 aromatic carbocycles. The Morgan fingerprint density at radius 2 is 1.95 bits per heavy atom. The van der Waals surface area contributed by atoms with Crippen LogP contribution in [0.25, 0.3) is 0 Å². The Morgan fingerprint density at radius 3 is 2.37 bits per heavy atom. The van der Waals surface area contributed by atoms with E-state index in [1.807, 2.05) is 0 Å². The zero-order valence-electron chi connectivity index (χ0n) is 8.93. The molecule has 1 radical (unpaired) electrons. The minimum atomic E-state index is -5.83. The number of carbonyl (C=O) groups is 1. The molecule has 0 aliphatic rings. The minimum absolute atomic E-state index is 0.0649. The van der Waals surface area contributed by atoms with Crippen molar-refractivity contribution in [1.29, 1.82) is 0 Å². The first kappa shape index (κ1) is 15.8. The van der Waals surface area contributed by atoms with Gasteiger partial charge < -0.3 is 5.11 Å². The Kier molecular flexibility index (Phi) is 4.46. The summed E-state index contributed by atoms with van der Waals surface area (Å²) in [6.45, 7) is -0.0649. The highest BCUT2D eigenvalue weighted by molar-refractivity contribution is 9.10. The monoisotopic (exact) mass is 360 g/mol. The Balaban J connectivity index is 3.35. The number of carboxylic acids is 1. The van der Waals surface area contributed by atoms with E-state index in [9.17, 15) is 26.4 Å². The summed E-state index contributed by atoms with van der Waals surface area (Å²) in [5.74, 6) is -1.83. The van der Waals surface area contributed by atoms with Crippen LogP contribution in [0.1, 0.15) is 0 Å². The van der Waals surface area contributed by atoms with Crippen LogP contribution in [0.3, 0.4) is 0 Å². The average molecular weight is 361 g/mol. The summed E-state index contributed by atoms with van der Waals surface area (Å²) in [7, 11) is -5.83. The first-order chi connectivity index (χ1) is 8.55. The maximum absolute atomic E-state index is 12.5. The smallest absolute Gasteiger partial charge is 0.480 e. The Morgan fingerprint density at radius 1 is 1.37 bits per heavy atom. The third-order valence-electron chi connectivity index (χ3n) is 1.84. The fourth-order valence-corrected chi connectivity index (χ4v) is 2.34. The van der Waals surface area contributed by atoms with E-state index in [1.54, 1.807) is 0 Å². The molecule has 0 aliphatic heterocycles. The van der Waals surface area contributed by atoms with Crippen molar-refractivity contribution in [3.05, 3.63) is 35.3 Å². The summed E-state index contributed by atoms with van der Waals surface area (Å²) in [5, 5.41) is 8.50. The van der Waals surface area contributed by atoms with Crippen LogP contribution in [0.2, 0.25) is 0 Å². The van der Waals surface area contributed by atoms with E-state index in [0.717, 1.165) is 12.1 Å². The second kappa shape index (κ2) is 5.37. The van der Waals surface area contributed by atoms with Crippen molar-refractivity contribution < 1.29 is 31.5 Å². The van der Waals surface area contributed by atoms with Crippen LogP contribution in [0.15, 0.2) is 28.7 Å². The van der Waals surface area contributed by atoms with Crippen LogP contribution < -0.4 is 4.31 Å². The van der Waals surface area contributed by atoms with Gasteiger partial charge in [0.15, 0.2) is 6.54 Å². The molecular formula is C9H6BrF3NO4S. The number of alkyl halides is 3. The highest BCUT2D eigenvalue weighted by Gasteiger charge is 2.51. The van der Waals surface area contributed by atoms with Crippen LogP contribution in [0, 0.1) is 6.54 Å². The molecule has 0 saturated carbocycles. The number of nitrogens with zero attached hydrogens (tertiary/aromatic N) is 1. The van der Waals surface area contributed by atoms with Gasteiger partial charge in [-0.1, -0.05) is 22.0 Å². The number of benzene rings is 1. The van der Waals surface area contributed by atoms with Gasteiger partial charge in [0.1, 0.15) is 0 Å². The molecule has 1 aromatic rings. The summed E-state index contributed by atoms with van der Waals surface area (Å²) < 4.78 is 59.9. The molecule has 0 heterocycles. The fourth-order valence-electron chi connectivity index (χ4n) is 1.11. The largest absolute Gasteiger partial charge is 0.516 e. The molecule has 5 nitrogen and oxygen atoms in total. The molecule has 1 N–H and O–H groups in total. The maximum atomic E-state index is 12.5. The van der Waals surface area contributed by atoms with E-state index in [4.69, 9.17) is 5.11 Å². The molecule has 0 saturated heterocycles. The lowest BCUT2D eigenvalue weighted by Crippen LogP contribution is -2.40. The molecule has 1 rings (SSSR count). The van der Waals surface area contributed by atoms with Gasteiger partial charge in [0, 0.05) is 4.47 Å². The van der Waals surface area contributed by atoms with Gasteiger partial charge in [-0.25, -0.2) is 9.10 Å². The van der Waals surface area contributed by atoms with Gasteiger partial charge >= 0.3 is 21.5 Å². The van der Waals surface area contributed by atoms with Crippen molar-refractivity contribution in [2.24, 2.45) is 0 Å². The molecular weight excluding hydrogens is 355 g/mol. The quantitative estimate of drug-likeness (QED) is 0.894. The third kappa shape index (κ3) is 3.60. The van der Waals surface area contributed by atoms with Gasteiger partial charge in [-0.05, 0) is 18.2 Å². The highest BCUT2D eigenvalue weighted by Crippen LogP contribution is 2.32. The average Bonchev–Trinajstić information content (AvgIpc) is 2.23. The number of halogens is 4. The van der Waals surface area contributed by atoms with Crippen molar-refractivity contribution in [2.45, 2.75) is 5.51 Å². The number of rotatable bonds is 4. The van der Waals surface area contributed by atoms with Crippen LogP contribution in [0.5, 0.6) is 0 Å². The molecule has 0 atom stereocenters. The second-order valence-corrected chi connectivity index (χ2v) is 5.92. The number of hydrogen-bond donors (Lipinski definition) is 1. The molecule has 0 spiro atoms. The number of carboxylic acid groups (broad SMARTS) is 1. The summed E-state index contributed by atoms with van der Waals surface area (Å²) in [5.41, 5.74) is -6.06. The normalized spacial score (nSPS) is 12.2. The van der Waals surface area contributed by atoms with Crippen LogP contribution in [-0.2, 0) is 14.8 Å². The SMILES string of the molecule is O=C(O)[CH]N(c1cccc(Br)c1)S(=O)(=O)C(F)(F)F. The number of aliphatic carboxylic acids is 1. The van der Waals surface area contributed by atoms with E-state index in [-0.39, 0.29) is 10.8 Å². The first-order valence-electron chi connectivity index (χ1n) is 4.50. The Hall–Kier alpha value is -1.29. The highest BCUT2D eigenvalue weighted by atomic mass is 79.9. The molecule has 19 heavy (non-hydrogen) atoms. The predicted molar refractivity (Wildman–Crippen MR) is 63.5 cm³/mol. The number of hydrogen-bond acceptors (Lipinski definition) is 3. The van der Waals surface area contributed by atoms with Gasteiger partial charge in [-0.15, -0.1) is 0 Å². The zero-order valence-corrected chi connectivity index (χ0v) is 11.3. The van der Waals surface area contributed by atoms with Crippen molar-refractivity contribution in [3.8, 4) is 0 Å². The number of anilines is 1. The standard InChI is InChI=1S/C9H6BrF3NO4S/c10-6-2-1-3-7(4-6)14(5-8(15)16)19(17,18)9(11,12)13/h1-5H,(H,15,16). The Labute approximate surface area is 114 Å². The van der Waals surface area contributed by atoms with Crippen molar-refractivity contribution >= 4 is 37.6 Å². The molecule has 0 fully saturated rings. The lowest BCUT2D eigenvalue weighted by Gasteiger charge is -2.23. The van der Waals surface area contributed by atoms with Crippen molar-refractivity contribution in [2.75, 3.05) is 4.31 Å². The van der Waals surface area contributed by atoms with E-state index < -0.39 is 27.2 Å². The molecule has 0 aliphatic carbocycles. The lowest BCUT2D eigenvalue weighted by atomic mass is 10.3. The summed E-state index contributed by atoms with van der Waals surface area (Å²) >= 11 is 2.95. The molecule has 0 unspecified atom stereocenters. The maximum Gasteiger partial charge on any atom is 0.516 e. The second-order valence-electron chi connectivity index (χ2n) is 3.19. The van der Waals surface area contributed by atoms with Gasteiger partial charge in [-0.2, -0.15) is 21.6 Å². The van der Waals surface area contributed by atoms with Gasteiger partial charge in [0.05, 0.1) is 5.69 Å². The number of sulfonamides is 1. The van der Waals surface area contributed by atoms with E-state index in [0.29, 0.717) is 4.47 Å².